The molecule has 0 unspecified atom stereocenters. The van der Waals surface area contributed by atoms with E-state index in [-0.39, 0.29) is 23.9 Å². The van der Waals surface area contributed by atoms with Crippen molar-refractivity contribution >= 4 is 21.5 Å². The largest absolute Gasteiger partial charge is 0.390 e. The summed E-state index contributed by atoms with van der Waals surface area (Å²) in [6.45, 7) is 2.27. The van der Waals surface area contributed by atoms with Crippen LogP contribution in [0.2, 0.25) is 0 Å². The van der Waals surface area contributed by atoms with Crippen LogP contribution in [0.4, 0.5) is 5.82 Å². The van der Waals surface area contributed by atoms with Gasteiger partial charge in [-0.1, -0.05) is 6.07 Å². The molecule has 2 aromatic rings. The van der Waals surface area contributed by atoms with E-state index in [9.17, 15) is 13.5 Å². The number of rotatable bonds is 2. The van der Waals surface area contributed by atoms with E-state index in [0.717, 1.165) is 0 Å². The third-order valence-electron chi connectivity index (χ3n) is 3.90. The first-order chi connectivity index (χ1) is 9.81. The van der Waals surface area contributed by atoms with E-state index < -0.39 is 15.6 Å². The van der Waals surface area contributed by atoms with Crippen molar-refractivity contribution < 1.29 is 13.5 Å². The van der Waals surface area contributed by atoms with Crippen molar-refractivity contribution in [2.75, 3.05) is 18.8 Å². The maximum atomic E-state index is 12.8. The van der Waals surface area contributed by atoms with Gasteiger partial charge in [0.25, 0.3) is 10.0 Å². The summed E-state index contributed by atoms with van der Waals surface area (Å²) in [5.41, 5.74) is 5.50. The van der Waals surface area contributed by atoms with Gasteiger partial charge < -0.3 is 10.8 Å². The van der Waals surface area contributed by atoms with Crippen molar-refractivity contribution in [3.05, 3.63) is 24.4 Å². The van der Waals surface area contributed by atoms with Gasteiger partial charge in [-0.25, -0.2) is 13.4 Å². The lowest BCUT2D eigenvalue weighted by Crippen LogP contribution is -2.45. The average Bonchev–Trinajstić information content (AvgIpc) is 2.74. The molecule has 0 atom stereocenters. The van der Waals surface area contributed by atoms with Crippen molar-refractivity contribution in [1.82, 2.24) is 13.7 Å². The van der Waals surface area contributed by atoms with Crippen LogP contribution in [0.15, 0.2) is 29.4 Å². The van der Waals surface area contributed by atoms with Crippen LogP contribution in [0.5, 0.6) is 0 Å². The van der Waals surface area contributed by atoms with Crippen LogP contribution in [0, 0.1) is 0 Å². The first kappa shape index (κ1) is 14.3. The molecule has 0 radical (unpaired) electrons. The lowest BCUT2D eigenvalue weighted by atomic mass is 9.95. The van der Waals surface area contributed by atoms with Crippen LogP contribution in [-0.4, -0.2) is 45.9 Å². The molecule has 3 rings (SSSR count). The van der Waals surface area contributed by atoms with Gasteiger partial charge in [0.15, 0.2) is 10.8 Å². The fourth-order valence-electron chi connectivity index (χ4n) is 2.58. The van der Waals surface area contributed by atoms with E-state index in [1.54, 1.807) is 31.3 Å². The summed E-state index contributed by atoms with van der Waals surface area (Å²) < 4.78 is 28.4. The van der Waals surface area contributed by atoms with Crippen molar-refractivity contribution in [3.8, 4) is 0 Å². The summed E-state index contributed by atoms with van der Waals surface area (Å²) in [5, 5.41) is 9.95. The van der Waals surface area contributed by atoms with Crippen molar-refractivity contribution in [3.63, 3.8) is 0 Å². The number of aromatic nitrogens is 2. The average molecular weight is 310 g/mol. The maximum Gasteiger partial charge on any atom is 0.262 e. The molecule has 2 aromatic heterocycles. The molecule has 114 valence electrons. The van der Waals surface area contributed by atoms with Gasteiger partial charge in [-0.2, -0.15) is 4.31 Å². The molecular weight excluding hydrogens is 292 g/mol. The molecule has 0 aliphatic carbocycles. The number of imidazole rings is 1. The lowest BCUT2D eigenvalue weighted by molar-refractivity contribution is 0.0125. The third-order valence-corrected chi connectivity index (χ3v) is 5.83. The number of hydrogen-bond acceptors (Lipinski definition) is 5. The highest BCUT2D eigenvalue weighted by Gasteiger charge is 2.36. The van der Waals surface area contributed by atoms with Crippen LogP contribution in [0.1, 0.15) is 19.8 Å². The van der Waals surface area contributed by atoms with E-state index in [2.05, 4.69) is 4.98 Å². The fourth-order valence-corrected chi connectivity index (χ4v) is 4.20. The topological polar surface area (TPSA) is 101 Å². The van der Waals surface area contributed by atoms with Gasteiger partial charge in [-0.3, -0.25) is 4.40 Å². The van der Waals surface area contributed by atoms with Crippen LogP contribution >= 0.6 is 0 Å². The number of nitrogens with zero attached hydrogens (tertiary/aromatic N) is 3. The van der Waals surface area contributed by atoms with E-state index in [1.165, 1.54) is 8.71 Å². The second kappa shape index (κ2) is 4.69. The van der Waals surface area contributed by atoms with E-state index in [0.29, 0.717) is 18.5 Å². The molecular formula is C13H18N4O3S. The molecule has 0 amide bonds. The van der Waals surface area contributed by atoms with Crippen molar-refractivity contribution in [2.45, 2.75) is 30.4 Å². The SMILES string of the molecule is CC1(O)CCN(S(=O)(=O)c2c(N)nc3ccccn23)CC1. The number of nitrogens with two attached hydrogens (primary N) is 1. The number of nitrogen functional groups attached to an aromatic ring is 1. The van der Waals surface area contributed by atoms with Crippen LogP contribution in [0.3, 0.4) is 0 Å². The maximum absolute atomic E-state index is 12.8. The highest BCUT2D eigenvalue weighted by molar-refractivity contribution is 7.89. The number of fused-ring (bicyclic) bond motifs is 1. The van der Waals surface area contributed by atoms with Gasteiger partial charge in [0, 0.05) is 19.3 Å². The summed E-state index contributed by atoms with van der Waals surface area (Å²) in [4.78, 5) is 4.09. The molecule has 0 spiro atoms. The lowest BCUT2D eigenvalue weighted by Gasteiger charge is -2.34. The number of piperidine rings is 1. The van der Waals surface area contributed by atoms with Crippen LogP contribution in [-0.2, 0) is 10.0 Å². The Balaban J connectivity index is 2.03. The fraction of sp³-hybridized carbons (Fsp3) is 0.462. The zero-order chi connectivity index (χ0) is 15.3. The molecule has 0 aromatic carbocycles. The minimum atomic E-state index is -3.73. The smallest absolute Gasteiger partial charge is 0.262 e. The highest BCUT2D eigenvalue weighted by Crippen LogP contribution is 2.29. The Kier molecular flexibility index (Phi) is 3.19. The van der Waals surface area contributed by atoms with Gasteiger partial charge in [0.2, 0.25) is 0 Å². The molecule has 7 nitrogen and oxygen atoms in total. The predicted molar refractivity (Wildman–Crippen MR) is 78.2 cm³/mol. The van der Waals surface area contributed by atoms with E-state index in [1.807, 2.05) is 0 Å². The molecule has 3 heterocycles. The second-order valence-corrected chi connectivity index (χ2v) is 7.49. The first-order valence-corrected chi connectivity index (χ1v) is 8.20. The summed E-state index contributed by atoms with van der Waals surface area (Å²) in [6, 6.07) is 5.21. The minimum absolute atomic E-state index is 0.000331. The third kappa shape index (κ3) is 2.39. The zero-order valence-corrected chi connectivity index (χ0v) is 12.5. The second-order valence-electron chi connectivity index (χ2n) is 5.63. The summed E-state index contributed by atoms with van der Waals surface area (Å²) in [7, 11) is -3.73. The predicted octanol–water partition coefficient (Wildman–Crippen LogP) is 0.452. The van der Waals surface area contributed by atoms with Gasteiger partial charge in [-0.05, 0) is 31.9 Å². The zero-order valence-electron chi connectivity index (χ0n) is 11.7. The highest BCUT2D eigenvalue weighted by atomic mass is 32.2. The Hall–Kier alpha value is -1.64. The Morgan fingerprint density at radius 2 is 2.00 bits per heavy atom. The molecule has 0 saturated carbocycles. The van der Waals surface area contributed by atoms with Crippen LogP contribution in [0.25, 0.3) is 5.65 Å². The quantitative estimate of drug-likeness (QED) is 0.839. The molecule has 0 bridgehead atoms. The van der Waals surface area contributed by atoms with Crippen molar-refractivity contribution in [2.24, 2.45) is 0 Å². The van der Waals surface area contributed by atoms with Gasteiger partial charge in [0.1, 0.15) is 5.65 Å². The number of anilines is 1. The van der Waals surface area contributed by atoms with Crippen LogP contribution < -0.4 is 5.73 Å². The monoisotopic (exact) mass is 310 g/mol. The Morgan fingerprint density at radius 3 is 2.67 bits per heavy atom. The molecule has 1 aliphatic rings. The summed E-state index contributed by atoms with van der Waals surface area (Å²) >= 11 is 0. The normalized spacial score (nSPS) is 19.9. The Labute approximate surface area is 123 Å². The minimum Gasteiger partial charge on any atom is -0.390 e. The molecule has 8 heteroatoms. The molecule has 1 fully saturated rings. The summed E-state index contributed by atoms with van der Waals surface area (Å²) in [5.74, 6) is -0.00136. The molecule has 1 saturated heterocycles. The van der Waals surface area contributed by atoms with E-state index >= 15 is 0 Å². The number of aliphatic hydroxyl groups is 1. The first-order valence-electron chi connectivity index (χ1n) is 6.76. The number of hydrogen-bond donors (Lipinski definition) is 2. The summed E-state index contributed by atoms with van der Waals surface area (Å²) in [6.07, 6.45) is 2.44. The Morgan fingerprint density at radius 1 is 1.33 bits per heavy atom. The van der Waals surface area contributed by atoms with Gasteiger partial charge >= 0.3 is 0 Å². The van der Waals surface area contributed by atoms with Gasteiger partial charge in [0.05, 0.1) is 5.60 Å². The standard InChI is InChI=1S/C13H18N4O3S/c1-13(18)5-8-16(9-6-13)21(19,20)12-11(14)15-10-4-2-3-7-17(10)12/h2-4,7,18H,5-6,8-9,14H2,1H3. The Bertz CT molecular complexity index is 772. The van der Waals surface area contributed by atoms with Crippen molar-refractivity contribution in [1.29, 1.82) is 0 Å². The number of sulfonamides is 1. The number of pyridine rings is 1. The molecule has 21 heavy (non-hydrogen) atoms. The molecule has 3 N–H and O–H groups in total. The molecule has 1 aliphatic heterocycles. The van der Waals surface area contributed by atoms with Gasteiger partial charge in [-0.15, -0.1) is 0 Å². The van der Waals surface area contributed by atoms with E-state index in [4.69, 9.17) is 5.73 Å².